The molecule has 1 N–H and O–H groups in total. The molecule has 18 heavy (non-hydrogen) atoms. The van der Waals surface area contributed by atoms with Crippen molar-refractivity contribution in [1.82, 2.24) is 9.88 Å². The number of carboxylic acids is 1. The predicted octanol–water partition coefficient (Wildman–Crippen LogP) is 1.25. The van der Waals surface area contributed by atoms with E-state index in [9.17, 15) is 9.59 Å². The number of rotatable bonds is 7. The first-order valence-corrected chi connectivity index (χ1v) is 7.49. The zero-order chi connectivity index (χ0) is 13.5. The fraction of sp³-hybridized carbons (Fsp3) is 0.500. The Morgan fingerprint density at radius 3 is 2.83 bits per heavy atom. The molecule has 0 fully saturated rings. The van der Waals surface area contributed by atoms with Crippen molar-refractivity contribution in [2.45, 2.75) is 4.43 Å². The number of hydrogen-bond acceptors (Lipinski definition) is 5. The Bertz CT molecular complexity index is 424. The number of ether oxygens (including phenoxy) is 1. The van der Waals surface area contributed by atoms with Crippen LogP contribution in [-0.2, 0) is 14.0 Å². The minimum absolute atomic E-state index is 0.235. The number of hydrogen-bond donors (Lipinski definition) is 1. The Morgan fingerprint density at radius 2 is 2.33 bits per heavy atom. The molecule has 0 aromatic carbocycles. The summed E-state index contributed by atoms with van der Waals surface area (Å²) in [5.41, 5.74) is 0.295. The molecule has 1 rings (SSSR count). The molecule has 1 aromatic heterocycles. The van der Waals surface area contributed by atoms with E-state index in [1.807, 2.05) is 0 Å². The van der Waals surface area contributed by atoms with E-state index in [0.717, 1.165) is 9.44 Å². The average molecular weight is 384 g/mol. The van der Waals surface area contributed by atoms with Crippen LogP contribution in [0.4, 0.5) is 0 Å². The van der Waals surface area contributed by atoms with E-state index in [-0.39, 0.29) is 19.0 Å². The molecule has 100 valence electrons. The lowest BCUT2D eigenvalue weighted by Gasteiger charge is -2.18. The van der Waals surface area contributed by atoms with Crippen molar-refractivity contribution in [1.29, 1.82) is 0 Å². The van der Waals surface area contributed by atoms with Gasteiger partial charge in [-0.2, -0.15) is 0 Å². The Balaban J connectivity index is 2.76. The third-order valence-corrected chi connectivity index (χ3v) is 4.15. The van der Waals surface area contributed by atoms with Crippen LogP contribution in [0.15, 0.2) is 5.38 Å². The number of carbonyl (C=O) groups is 2. The fourth-order valence-corrected chi connectivity index (χ4v) is 2.57. The predicted molar refractivity (Wildman–Crippen MR) is 75.3 cm³/mol. The molecule has 8 heteroatoms. The van der Waals surface area contributed by atoms with Crippen molar-refractivity contribution in [2.24, 2.45) is 0 Å². The van der Waals surface area contributed by atoms with Crippen LogP contribution in [0.3, 0.4) is 0 Å². The van der Waals surface area contributed by atoms with Crippen molar-refractivity contribution in [3.05, 3.63) is 16.1 Å². The molecule has 0 bridgehead atoms. The second-order valence-corrected chi connectivity index (χ2v) is 5.08. The summed E-state index contributed by atoms with van der Waals surface area (Å²) < 4.78 is 5.59. The van der Waals surface area contributed by atoms with Gasteiger partial charge < -0.3 is 14.7 Å². The second kappa shape index (κ2) is 7.64. The number of carbonyl (C=O) groups excluding carboxylic acids is 1. The maximum atomic E-state index is 12.1. The van der Waals surface area contributed by atoms with Gasteiger partial charge in [0.25, 0.3) is 5.91 Å². The average Bonchev–Trinajstić information content (AvgIpc) is 2.81. The smallest absolute Gasteiger partial charge is 0.323 e. The van der Waals surface area contributed by atoms with Crippen LogP contribution in [0.25, 0.3) is 0 Å². The van der Waals surface area contributed by atoms with Crippen LogP contribution in [0.1, 0.15) is 15.5 Å². The third-order valence-electron chi connectivity index (χ3n) is 2.06. The molecule has 0 unspecified atom stereocenters. The Hall–Kier alpha value is -0.740. The van der Waals surface area contributed by atoms with E-state index in [4.69, 9.17) is 9.84 Å². The molecule has 1 heterocycles. The molecular formula is C10H13IN2O4S. The van der Waals surface area contributed by atoms with Gasteiger partial charge in [0.1, 0.15) is 17.2 Å². The van der Waals surface area contributed by atoms with Crippen LogP contribution >= 0.6 is 33.9 Å². The van der Waals surface area contributed by atoms with Crippen molar-refractivity contribution in [3.63, 3.8) is 0 Å². The van der Waals surface area contributed by atoms with Crippen LogP contribution in [-0.4, -0.2) is 53.7 Å². The topological polar surface area (TPSA) is 79.7 Å². The maximum Gasteiger partial charge on any atom is 0.323 e. The van der Waals surface area contributed by atoms with E-state index in [1.54, 1.807) is 5.38 Å². The van der Waals surface area contributed by atoms with Gasteiger partial charge >= 0.3 is 5.97 Å². The summed E-state index contributed by atoms with van der Waals surface area (Å²) in [7, 11) is 1.50. The minimum atomic E-state index is -1.05. The van der Waals surface area contributed by atoms with Gasteiger partial charge in [-0.25, -0.2) is 4.98 Å². The lowest BCUT2D eigenvalue weighted by molar-refractivity contribution is -0.137. The quantitative estimate of drug-likeness (QED) is 0.566. The largest absolute Gasteiger partial charge is 0.480 e. The first kappa shape index (κ1) is 15.3. The lowest BCUT2D eigenvalue weighted by Crippen LogP contribution is -2.38. The zero-order valence-corrected chi connectivity index (χ0v) is 12.7. The molecule has 0 spiro atoms. The molecule has 0 radical (unpaired) electrons. The van der Waals surface area contributed by atoms with Gasteiger partial charge in [0.15, 0.2) is 0 Å². The van der Waals surface area contributed by atoms with Crippen LogP contribution in [0.2, 0.25) is 0 Å². The van der Waals surface area contributed by atoms with Crippen molar-refractivity contribution in [2.75, 3.05) is 26.8 Å². The number of carboxylic acid groups (broad SMARTS) is 1. The number of alkyl halides is 1. The number of amides is 1. The van der Waals surface area contributed by atoms with E-state index in [2.05, 4.69) is 27.6 Å². The van der Waals surface area contributed by atoms with Crippen molar-refractivity contribution >= 4 is 45.8 Å². The van der Waals surface area contributed by atoms with Gasteiger partial charge in [-0.05, 0) is 0 Å². The Kier molecular flexibility index (Phi) is 6.50. The third kappa shape index (κ3) is 4.50. The number of nitrogens with zero attached hydrogens (tertiary/aromatic N) is 2. The second-order valence-electron chi connectivity index (χ2n) is 3.37. The summed E-state index contributed by atoms with van der Waals surface area (Å²) in [6.45, 7) is 0.181. The Labute approximate surface area is 122 Å². The van der Waals surface area contributed by atoms with Gasteiger partial charge in [0.2, 0.25) is 0 Å². The van der Waals surface area contributed by atoms with E-state index >= 15 is 0 Å². The molecule has 0 aliphatic heterocycles. The van der Waals surface area contributed by atoms with E-state index in [0.29, 0.717) is 12.3 Å². The normalized spacial score (nSPS) is 10.3. The summed E-state index contributed by atoms with van der Waals surface area (Å²) in [5.74, 6) is -1.43. The van der Waals surface area contributed by atoms with E-state index in [1.165, 1.54) is 23.3 Å². The minimum Gasteiger partial charge on any atom is -0.480 e. The molecule has 6 nitrogen and oxygen atoms in total. The van der Waals surface area contributed by atoms with Gasteiger partial charge in [0.05, 0.1) is 11.0 Å². The van der Waals surface area contributed by atoms with Gasteiger partial charge in [-0.1, -0.05) is 22.6 Å². The van der Waals surface area contributed by atoms with Gasteiger partial charge in [0, 0.05) is 19.0 Å². The molecule has 0 aliphatic carbocycles. The summed E-state index contributed by atoms with van der Waals surface area (Å²) in [4.78, 5) is 28.2. The molecule has 0 saturated heterocycles. The summed E-state index contributed by atoms with van der Waals surface area (Å²) in [6.07, 6.45) is 0. The van der Waals surface area contributed by atoms with Crippen molar-refractivity contribution in [3.8, 4) is 0 Å². The fourth-order valence-electron chi connectivity index (χ4n) is 1.25. The molecular weight excluding hydrogens is 371 g/mol. The van der Waals surface area contributed by atoms with Crippen LogP contribution in [0.5, 0.6) is 0 Å². The lowest BCUT2D eigenvalue weighted by atomic mass is 10.3. The first-order chi connectivity index (χ1) is 8.58. The molecule has 0 saturated carbocycles. The summed E-state index contributed by atoms with van der Waals surface area (Å²) in [6, 6.07) is 0. The highest BCUT2D eigenvalue weighted by Crippen LogP contribution is 2.14. The first-order valence-electron chi connectivity index (χ1n) is 5.08. The standard InChI is InChI=1S/C10H13IN2O4S/c1-17-3-2-13(5-9(14)15)10(16)7-6-18-8(4-11)12-7/h6H,2-5H2,1H3,(H,14,15). The van der Waals surface area contributed by atoms with Crippen molar-refractivity contribution < 1.29 is 19.4 Å². The van der Waals surface area contributed by atoms with Crippen LogP contribution in [0, 0.1) is 0 Å². The molecule has 1 aromatic rings. The maximum absolute atomic E-state index is 12.1. The number of halogens is 1. The zero-order valence-electron chi connectivity index (χ0n) is 9.76. The van der Waals surface area contributed by atoms with E-state index < -0.39 is 5.97 Å². The number of thiazole rings is 1. The molecule has 0 aliphatic rings. The van der Waals surface area contributed by atoms with Crippen LogP contribution < -0.4 is 0 Å². The summed E-state index contributed by atoms with van der Waals surface area (Å²) >= 11 is 3.55. The summed E-state index contributed by atoms with van der Waals surface area (Å²) in [5, 5.41) is 11.3. The Morgan fingerprint density at radius 1 is 1.61 bits per heavy atom. The van der Waals surface area contributed by atoms with Gasteiger partial charge in [-0.15, -0.1) is 11.3 Å². The molecule has 1 amide bonds. The monoisotopic (exact) mass is 384 g/mol. The van der Waals surface area contributed by atoms with Gasteiger partial charge in [-0.3, -0.25) is 9.59 Å². The number of methoxy groups -OCH3 is 1. The number of aromatic nitrogens is 1. The number of aliphatic carboxylic acids is 1. The molecule has 0 atom stereocenters. The highest BCUT2D eigenvalue weighted by molar-refractivity contribution is 14.1. The highest BCUT2D eigenvalue weighted by atomic mass is 127. The SMILES string of the molecule is COCCN(CC(=O)O)C(=O)c1csc(CI)n1. The highest BCUT2D eigenvalue weighted by Gasteiger charge is 2.20.